The summed E-state index contributed by atoms with van der Waals surface area (Å²) in [5.41, 5.74) is 2.03. The molecule has 0 saturated carbocycles. The molecular formula is C14H24N2O. The van der Waals surface area contributed by atoms with Gasteiger partial charge in [-0.05, 0) is 19.0 Å². The Balaban J connectivity index is 2.99. The quantitative estimate of drug-likeness (QED) is 0.813. The molecule has 0 bridgehead atoms. The van der Waals surface area contributed by atoms with E-state index >= 15 is 0 Å². The molecule has 96 valence electrons. The maximum absolute atomic E-state index is 12.2. The van der Waals surface area contributed by atoms with Gasteiger partial charge in [0.25, 0.3) is 5.56 Å². The molecule has 0 atom stereocenters. The van der Waals surface area contributed by atoms with Gasteiger partial charge < -0.3 is 9.88 Å². The van der Waals surface area contributed by atoms with Crippen LogP contribution in [0.15, 0.2) is 16.9 Å². The summed E-state index contributed by atoms with van der Waals surface area (Å²) < 4.78 is 1.77. The Labute approximate surface area is 104 Å². The SMILES string of the molecule is CCCNCc1ccc(C(C)(C)C)n(C)c1=O. The fourth-order valence-electron chi connectivity index (χ4n) is 1.97. The zero-order chi connectivity index (χ0) is 13.1. The summed E-state index contributed by atoms with van der Waals surface area (Å²) in [6.07, 6.45) is 1.08. The molecule has 3 heteroatoms. The summed E-state index contributed by atoms with van der Waals surface area (Å²) in [4.78, 5) is 12.2. The van der Waals surface area contributed by atoms with Gasteiger partial charge in [0.2, 0.25) is 0 Å². The fraction of sp³-hybridized carbons (Fsp3) is 0.643. The van der Waals surface area contributed by atoms with Gasteiger partial charge in [-0.25, -0.2) is 0 Å². The molecule has 0 unspecified atom stereocenters. The predicted octanol–water partition coefficient (Wildman–Crippen LogP) is 2.18. The Morgan fingerprint density at radius 2 is 1.94 bits per heavy atom. The molecule has 0 aliphatic heterocycles. The van der Waals surface area contributed by atoms with Gasteiger partial charge in [0.05, 0.1) is 0 Å². The van der Waals surface area contributed by atoms with Crippen LogP contribution in [0.25, 0.3) is 0 Å². The van der Waals surface area contributed by atoms with Gasteiger partial charge in [-0.3, -0.25) is 4.79 Å². The van der Waals surface area contributed by atoms with Crippen molar-refractivity contribution in [2.24, 2.45) is 7.05 Å². The van der Waals surface area contributed by atoms with Crippen LogP contribution >= 0.6 is 0 Å². The van der Waals surface area contributed by atoms with E-state index in [4.69, 9.17) is 0 Å². The normalized spacial score (nSPS) is 11.8. The summed E-state index contributed by atoms with van der Waals surface area (Å²) >= 11 is 0. The Morgan fingerprint density at radius 3 is 2.47 bits per heavy atom. The highest BCUT2D eigenvalue weighted by atomic mass is 16.1. The topological polar surface area (TPSA) is 34.0 Å². The van der Waals surface area contributed by atoms with Crippen LogP contribution in [0.2, 0.25) is 0 Å². The largest absolute Gasteiger partial charge is 0.315 e. The third-order valence-corrected chi connectivity index (χ3v) is 2.89. The maximum Gasteiger partial charge on any atom is 0.255 e. The van der Waals surface area contributed by atoms with E-state index in [1.54, 1.807) is 4.57 Å². The molecule has 0 spiro atoms. The van der Waals surface area contributed by atoms with Crippen molar-refractivity contribution in [1.82, 2.24) is 9.88 Å². The second kappa shape index (κ2) is 5.50. The van der Waals surface area contributed by atoms with Crippen LogP contribution in [0.5, 0.6) is 0 Å². The summed E-state index contributed by atoms with van der Waals surface area (Å²) in [7, 11) is 1.85. The van der Waals surface area contributed by atoms with Crippen LogP contribution in [-0.4, -0.2) is 11.1 Å². The summed E-state index contributed by atoms with van der Waals surface area (Å²) in [6, 6.07) is 4.01. The lowest BCUT2D eigenvalue weighted by Gasteiger charge is -2.22. The van der Waals surface area contributed by atoms with Gasteiger partial charge in [0, 0.05) is 30.3 Å². The van der Waals surface area contributed by atoms with Crippen LogP contribution in [-0.2, 0) is 19.0 Å². The molecule has 0 saturated heterocycles. The number of aromatic nitrogens is 1. The number of nitrogens with one attached hydrogen (secondary N) is 1. The van der Waals surface area contributed by atoms with E-state index in [0.29, 0.717) is 6.54 Å². The second-order valence-electron chi connectivity index (χ2n) is 5.53. The second-order valence-corrected chi connectivity index (χ2v) is 5.53. The minimum atomic E-state index is 0.00326. The van der Waals surface area contributed by atoms with E-state index in [1.165, 1.54) is 0 Å². The average molecular weight is 236 g/mol. The standard InChI is InChI=1S/C14H24N2O/c1-6-9-15-10-11-7-8-12(14(2,3)4)16(5)13(11)17/h7-8,15H,6,9-10H2,1-5H3. The van der Waals surface area contributed by atoms with Crippen molar-refractivity contribution in [3.8, 4) is 0 Å². The lowest BCUT2D eigenvalue weighted by atomic mass is 9.91. The van der Waals surface area contributed by atoms with Gasteiger partial charge in [0.1, 0.15) is 0 Å². The summed E-state index contributed by atoms with van der Waals surface area (Å²) in [5.74, 6) is 0. The predicted molar refractivity (Wildman–Crippen MR) is 72.4 cm³/mol. The van der Waals surface area contributed by atoms with Crippen molar-refractivity contribution in [2.75, 3.05) is 6.54 Å². The van der Waals surface area contributed by atoms with Crippen LogP contribution in [0.3, 0.4) is 0 Å². The first-order valence-corrected chi connectivity index (χ1v) is 6.28. The van der Waals surface area contributed by atoms with E-state index < -0.39 is 0 Å². The molecule has 0 radical (unpaired) electrons. The number of hydrogen-bond acceptors (Lipinski definition) is 2. The molecule has 17 heavy (non-hydrogen) atoms. The van der Waals surface area contributed by atoms with Crippen LogP contribution in [0.1, 0.15) is 45.4 Å². The Hall–Kier alpha value is -1.09. The van der Waals surface area contributed by atoms with Gasteiger partial charge in [-0.1, -0.05) is 33.8 Å². The number of pyridine rings is 1. The molecule has 0 aliphatic carbocycles. The van der Waals surface area contributed by atoms with Crippen LogP contribution < -0.4 is 10.9 Å². The molecule has 0 aromatic carbocycles. The molecular weight excluding hydrogens is 212 g/mol. The van der Waals surface area contributed by atoms with Crippen molar-refractivity contribution >= 4 is 0 Å². The molecule has 3 nitrogen and oxygen atoms in total. The van der Waals surface area contributed by atoms with Crippen LogP contribution in [0.4, 0.5) is 0 Å². The highest BCUT2D eigenvalue weighted by Crippen LogP contribution is 2.20. The van der Waals surface area contributed by atoms with E-state index in [0.717, 1.165) is 24.2 Å². The van der Waals surface area contributed by atoms with Gasteiger partial charge in [0.15, 0.2) is 0 Å². The molecule has 1 rings (SSSR count). The lowest BCUT2D eigenvalue weighted by molar-refractivity contribution is 0.527. The zero-order valence-corrected chi connectivity index (χ0v) is 11.6. The molecule has 0 aliphatic rings. The first-order valence-electron chi connectivity index (χ1n) is 6.28. The average Bonchev–Trinajstić information content (AvgIpc) is 2.23. The maximum atomic E-state index is 12.2. The third kappa shape index (κ3) is 3.43. The highest BCUT2D eigenvalue weighted by Gasteiger charge is 2.18. The van der Waals surface area contributed by atoms with Gasteiger partial charge in [-0.15, -0.1) is 0 Å². The van der Waals surface area contributed by atoms with E-state index in [1.807, 2.05) is 13.1 Å². The molecule has 1 N–H and O–H groups in total. The first kappa shape index (κ1) is 14.0. The van der Waals surface area contributed by atoms with E-state index in [2.05, 4.69) is 39.1 Å². The van der Waals surface area contributed by atoms with Gasteiger partial charge in [-0.2, -0.15) is 0 Å². The van der Waals surface area contributed by atoms with Gasteiger partial charge >= 0.3 is 0 Å². The van der Waals surface area contributed by atoms with Crippen molar-refractivity contribution in [2.45, 2.75) is 46.1 Å². The fourth-order valence-corrected chi connectivity index (χ4v) is 1.97. The minimum absolute atomic E-state index is 0.00326. The highest BCUT2D eigenvalue weighted by molar-refractivity contribution is 5.21. The smallest absolute Gasteiger partial charge is 0.255 e. The lowest BCUT2D eigenvalue weighted by Crippen LogP contribution is -2.31. The van der Waals surface area contributed by atoms with Crippen molar-refractivity contribution in [3.63, 3.8) is 0 Å². The summed E-state index contributed by atoms with van der Waals surface area (Å²) in [5, 5.41) is 3.26. The molecule has 0 amide bonds. The molecule has 1 aromatic heterocycles. The van der Waals surface area contributed by atoms with E-state index in [-0.39, 0.29) is 11.0 Å². The van der Waals surface area contributed by atoms with E-state index in [9.17, 15) is 4.79 Å². The zero-order valence-electron chi connectivity index (χ0n) is 11.6. The Kier molecular flexibility index (Phi) is 4.52. The van der Waals surface area contributed by atoms with Crippen molar-refractivity contribution in [1.29, 1.82) is 0 Å². The molecule has 1 heterocycles. The number of rotatable bonds is 4. The van der Waals surface area contributed by atoms with Crippen molar-refractivity contribution in [3.05, 3.63) is 33.7 Å². The Bertz CT molecular complexity index is 427. The van der Waals surface area contributed by atoms with Crippen molar-refractivity contribution < 1.29 is 0 Å². The minimum Gasteiger partial charge on any atom is -0.315 e. The monoisotopic (exact) mass is 236 g/mol. The van der Waals surface area contributed by atoms with Crippen LogP contribution in [0, 0.1) is 0 Å². The summed E-state index contributed by atoms with van der Waals surface area (Å²) in [6.45, 7) is 10.1. The number of nitrogens with zero attached hydrogens (tertiary/aromatic N) is 1. The molecule has 1 aromatic rings. The number of hydrogen-bond donors (Lipinski definition) is 1. The first-order chi connectivity index (χ1) is 7.88. The third-order valence-electron chi connectivity index (χ3n) is 2.89. The Morgan fingerprint density at radius 1 is 1.29 bits per heavy atom. The molecule has 0 fully saturated rings.